The van der Waals surface area contributed by atoms with E-state index in [-0.39, 0.29) is 18.4 Å². The predicted octanol–water partition coefficient (Wildman–Crippen LogP) is 3.34. The summed E-state index contributed by atoms with van der Waals surface area (Å²) >= 11 is 12.1. The minimum atomic E-state index is -0.421. The summed E-state index contributed by atoms with van der Waals surface area (Å²) in [5.74, 6) is -0.544. The van der Waals surface area contributed by atoms with Gasteiger partial charge in [0.1, 0.15) is 0 Å². The van der Waals surface area contributed by atoms with E-state index in [2.05, 4.69) is 10.2 Å². The predicted molar refractivity (Wildman–Crippen MR) is 116 cm³/mol. The summed E-state index contributed by atoms with van der Waals surface area (Å²) in [6.07, 6.45) is 0.0942. The van der Waals surface area contributed by atoms with Crippen molar-refractivity contribution in [1.82, 2.24) is 10.2 Å². The van der Waals surface area contributed by atoms with Crippen molar-refractivity contribution in [2.75, 3.05) is 33.4 Å². The van der Waals surface area contributed by atoms with Gasteiger partial charge in [-0.3, -0.25) is 9.69 Å². The third-order valence-corrected chi connectivity index (χ3v) is 5.59. The van der Waals surface area contributed by atoms with Crippen LogP contribution in [-0.2, 0) is 27.2 Å². The van der Waals surface area contributed by atoms with Crippen LogP contribution in [0.4, 0.5) is 0 Å². The average molecular weight is 451 g/mol. The van der Waals surface area contributed by atoms with Crippen molar-refractivity contribution in [2.45, 2.75) is 19.1 Å². The normalized spacial score (nSPS) is 16.8. The van der Waals surface area contributed by atoms with Gasteiger partial charge in [0.05, 0.1) is 41.9 Å². The van der Waals surface area contributed by atoms with Gasteiger partial charge in [-0.2, -0.15) is 0 Å². The van der Waals surface area contributed by atoms with Gasteiger partial charge >= 0.3 is 5.97 Å². The van der Waals surface area contributed by atoms with E-state index >= 15 is 0 Å². The number of rotatable bonds is 7. The molecule has 0 aromatic heterocycles. The molecule has 2 aromatic rings. The van der Waals surface area contributed by atoms with Gasteiger partial charge in [0.25, 0.3) is 0 Å². The molecule has 8 heteroatoms. The van der Waals surface area contributed by atoms with Gasteiger partial charge in [0.15, 0.2) is 0 Å². The molecule has 6 nitrogen and oxygen atoms in total. The Labute approximate surface area is 186 Å². The lowest BCUT2D eigenvalue weighted by Crippen LogP contribution is -2.47. The van der Waals surface area contributed by atoms with Crippen LogP contribution < -0.4 is 5.32 Å². The Balaban J connectivity index is 1.47. The molecule has 1 fully saturated rings. The zero-order chi connectivity index (χ0) is 21.5. The first kappa shape index (κ1) is 22.6. The second kappa shape index (κ2) is 10.8. The average Bonchev–Trinajstić information content (AvgIpc) is 2.75. The Bertz CT molecular complexity index is 906. The number of esters is 1. The maximum Gasteiger partial charge on any atom is 0.337 e. The van der Waals surface area contributed by atoms with Crippen molar-refractivity contribution < 1.29 is 19.1 Å². The summed E-state index contributed by atoms with van der Waals surface area (Å²) in [6, 6.07) is 12.5. The molecule has 3 rings (SSSR count). The highest BCUT2D eigenvalue weighted by molar-refractivity contribution is 6.42. The number of nitrogens with zero attached hydrogens (tertiary/aromatic N) is 1. The molecule has 160 valence electrons. The summed E-state index contributed by atoms with van der Waals surface area (Å²) in [4.78, 5) is 26.2. The molecule has 1 saturated heterocycles. The fourth-order valence-electron chi connectivity index (χ4n) is 3.35. The summed E-state index contributed by atoms with van der Waals surface area (Å²) < 4.78 is 10.5. The Morgan fingerprint density at radius 3 is 2.77 bits per heavy atom. The smallest absolute Gasteiger partial charge is 0.337 e. The summed E-state index contributed by atoms with van der Waals surface area (Å²) in [5, 5.41) is 4.00. The lowest BCUT2D eigenvalue weighted by molar-refractivity contribution is -0.121. The Morgan fingerprint density at radius 1 is 1.17 bits per heavy atom. The van der Waals surface area contributed by atoms with E-state index in [1.807, 2.05) is 18.2 Å². The molecular weight excluding hydrogens is 427 g/mol. The highest BCUT2D eigenvalue weighted by Crippen LogP contribution is 2.23. The third-order valence-electron chi connectivity index (χ3n) is 4.85. The van der Waals surface area contributed by atoms with E-state index < -0.39 is 5.97 Å². The summed E-state index contributed by atoms with van der Waals surface area (Å²) in [6.45, 7) is 3.28. The second-order valence-corrected chi connectivity index (χ2v) is 7.96. The molecule has 30 heavy (non-hydrogen) atoms. The Morgan fingerprint density at radius 2 is 2.00 bits per heavy atom. The van der Waals surface area contributed by atoms with Gasteiger partial charge in [0, 0.05) is 26.2 Å². The molecule has 0 bridgehead atoms. The van der Waals surface area contributed by atoms with Gasteiger partial charge in [-0.05, 0) is 35.4 Å². The number of carbonyl (C=O) groups is 2. The molecule has 2 aromatic carbocycles. The number of ether oxygens (including phenoxy) is 2. The van der Waals surface area contributed by atoms with Gasteiger partial charge in [-0.1, -0.05) is 41.4 Å². The molecule has 1 aliphatic rings. The zero-order valence-corrected chi connectivity index (χ0v) is 18.2. The van der Waals surface area contributed by atoms with E-state index in [0.717, 1.165) is 24.2 Å². The van der Waals surface area contributed by atoms with Crippen LogP contribution in [-0.4, -0.2) is 56.2 Å². The Kier molecular flexibility index (Phi) is 8.10. The molecule has 1 amide bonds. The maximum absolute atomic E-state index is 12.3. The van der Waals surface area contributed by atoms with Crippen molar-refractivity contribution in [3.63, 3.8) is 0 Å². The lowest BCUT2D eigenvalue weighted by atomic mass is 10.1. The van der Waals surface area contributed by atoms with Crippen LogP contribution in [0.3, 0.4) is 0 Å². The lowest BCUT2D eigenvalue weighted by Gasteiger charge is -2.33. The maximum atomic E-state index is 12.3. The molecule has 1 aliphatic heterocycles. The first-order valence-corrected chi connectivity index (χ1v) is 10.4. The number of hydrogen-bond acceptors (Lipinski definition) is 5. The molecule has 0 saturated carbocycles. The first-order chi connectivity index (χ1) is 14.4. The highest BCUT2D eigenvalue weighted by Gasteiger charge is 2.21. The number of nitrogens with one attached hydrogen (secondary N) is 1. The van der Waals surface area contributed by atoms with Crippen LogP contribution >= 0.6 is 23.2 Å². The van der Waals surface area contributed by atoms with Crippen molar-refractivity contribution in [3.05, 3.63) is 69.2 Å². The molecule has 0 spiro atoms. The monoisotopic (exact) mass is 450 g/mol. The van der Waals surface area contributed by atoms with Crippen LogP contribution in [0.25, 0.3) is 0 Å². The Hall–Kier alpha value is -2.12. The molecule has 1 N–H and O–H groups in total. The van der Waals surface area contributed by atoms with Crippen LogP contribution in [0.15, 0.2) is 42.5 Å². The molecule has 1 atom stereocenters. The van der Waals surface area contributed by atoms with Crippen molar-refractivity contribution in [1.29, 1.82) is 0 Å². The van der Waals surface area contributed by atoms with Crippen molar-refractivity contribution in [2.24, 2.45) is 0 Å². The van der Waals surface area contributed by atoms with Crippen molar-refractivity contribution >= 4 is 35.1 Å². The summed E-state index contributed by atoms with van der Waals surface area (Å²) in [5.41, 5.74) is 2.26. The topological polar surface area (TPSA) is 67.9 Å². The molecule has 1 heterocycles. The number of benzene rings is 2. The summed E-state index contributed by atoms with van der Waals surface area (Å²) in [7, 11) is 1.33. The van der Waals surface area contributed by atoms with Gasteiger partial charge in [-0.25, -0.2) is 4.79 Å². The minimum absolute atomic E-state index is 0.0909. The van der Waals surface area contributed by atoms with E-state index in [0.29, 0.717) is 35.3 Å². The highest BCUT2D eigenvalue weighted by atomic mass is 35.5. The number of halogens is 2. The molecular formula is C22H24Cl2N2O4. The van der Waals surface area contributed by atoms with Gasteiger partial charge in [0.2, 0.25) is 5.91 Å². The molecule has 0 radical (unpaired) electrons. The van der Waals surface area contributed by atoms with E-state index in [9.17, 15) is 9.59 Å². The molecule has 1 unspecified atom stereocenters. The van der Waals surface area contributed by atoms with Crippen molar-refractivity contribution in [3.8, 4) is 0 Å². The standard InChI is InChI=1S/C22H24Cl2N2O4/c1-29-22(28)17-4-2-3-15(9-17)11-21(27)25-12-18-14-26(7-8-30-18)13-16-5-6-19(23)20(24)10-16/h2-6,9-10,18H,7-8,11-14H2,1H3,(H,25,27). The van der Waals surface area contributed by atoms with Gasteiger partial charge < -0.3 is 14.8 Å². The van der Waals surface area contributed by atoms with Crippen LogP contribution in [0, 0.1) is 0 Å². The van der Waals surface area contributed by atoms with Crippen LogP contribution in [0.5, 0.6) is 0 Å². The van der Waals surface area contributed by atoms with E-state index in [1.165, 1.54) is 7.11 Å². The zero-order valence-electron chi connectivity index (χ0n) is 16.7. The number of amides is 1. The SMILES string of the molecule is COC(=O)c1cccc(CC(=O)NCC2CN(Cc3ccc(Cl)c(Cl)c3)CCO2)c1. The molecule has 0 aliphatic carbocycles. The van der Waals surface area contributed by atoms with E-state index in [4.69, 9.17) is 32.7 Å². The second-order valence-electron chi connectivity index (χ2n) is 7.15. The number of morpholine rings is 1. The fraction of sp³-hybridized carbons (Fsp3) is 0.364. The van der Waals surface area contributed by atoms with Gasteiger partial charge in [-0.15, -0.1) is 0 Å². The fourth-order valence-corrected chi connectivity index (χ4v) is 3.67. The van der Waals surface area contributed by atoms with Crippen LogP contribution in [0.2, 0.25) is 10.0 Å². The largest absolute Gasteiger partial charge is 0.465 e. The van der Waals surface area contributed by atoms with E-state index in [1.54, 1.807) is 24.3 Å². The third kappa shape index (κ3) is 6.44. The quantitative estimate of drug-likeness (QED) is 0.655. The van der Waals surface area contributed by atoms with Crippen LogP contribution in [0.1, 0.15) is 21.5 Å². The minimum Gasteiger partial charge on any atom is -0.465 e. The number of methoxy groups -OCH3 is 1. The first-order valence-electron chi connectivity index (χ1n) is 9.66. The number of hydrogen-bond donors (Lipinski definition) is 1. The number of carbonyl (C=O) groups excluding carboxylic acids is 2.